The van der Waals surface area contributed by atoms with E-state index in [4.69, 9.17) is 16.3 Å². The van der Waals surface area contributed by atoms with Crippen LogP contribution in [0.3, 0.4) is 0 Å². The van der Waals surface area contributed by atoms with Crippen molar-refractivity contribution < 1.29 is 17.9 Å². The lowest BCUT2D eigenvalue weighted by Gasteiger charge is -2.14. The molecule has 1 heterocycles. The summed E-state index contributed by atoms with van der Waals surface area (Å²) < 4.78 is 43.9. The van der Waals surface area contributed by atoms with E-state index in [-0.39, 0.29) is 16.8 Å². The number of aromatic nitrogens is 2. The van der Waals surface area contributed by atoms with Crippen molar-refractivity contribution >= 4 is 11.6 Å². The van der Waals surface area contributed by atoms with E-state index in [0.29, 0.717) is 11.4 Å². The second-order valence-electron chi connectivity index (χ2n) is 4.09. The summed E-state index contributed by atoms with van der Waals surface area (Å²) in [7, 11) is 0. The van der Waals surface area contributed by atoms with Gasteiger partial charge in [-0.05, 0) is 26.0 Å². The van der Waals surface area contributed by atoms with E-state index in [1.54, 1.807) is 13.8 Å². The highest BCUT2D eigenvalue weighted by atomic mass is 35.5. The van der Waals surface area contributed by atoms with E-state index in [9.17, 15) is 13.2 Å². The topological polar surface area (TPSA) is 35.0 Å². The SMILES string of the molecule is Cc1nc(Cl)c(C)c(Oc2ccccc2C(F)(F)F)n1. The van der Waals surface area contributed by atoms with Crippen LogP contribution in [-0.4, -0.2) is 9.97 Å². The summed E-state index contributed by atoms with van der Waals surface area (Å²) >= 11 is 5.86. The average Bonchev–Trinajstić information content (AvgIpc) is 2.34. The minimum absolute atomic E-state index is 0.0131. The first-order valence-corrected chi connectivity index (χ1v) is 6.01. The first-order chi connectivity index (χ1) is 9.29. The molecule has 2 aromatic rings. The van der Waals surface area contributed by atoms with Gasteiger partial charge in [0.2, 0.25) is 5.88 Å². The molecule has 0 aliphatic heterocycles. The highest BCUT2D eigenvalue weighted by Gasteiger charge is 2.34. The maximum atomic E-state index is 12.9. The fourth-order valence-corrected chi connectivity index (χ4v) is 1.77. The third kappa shape index (κ3) is 3.01. The van der Waals surface area contributed by atoms with Gasteiger partial charge in [-0.2, -0.15) is 18.2 Å². The molecule has 0 aliphatic rings. The Bertz CT molecular complexity index is 644. The van der Waals surface area contributed by atoms with E-state index in [0.717, 1.165) is 6.07 Å². The summed E-state index contributed by atoms with van der Waals surface area (Å²) in [6.07, 6.45) is -4.50. The fraction of sp³-hybridized carbons (Fsp3) is 0.231. The normalized spacial score (nSPS) is 11.5. The lowest BCUT2D eigenvalue weighted by atomic mass is 10.2. The highest BCUT2D eigenvalue weighted by Crippen LogP contribution is 2.38. The molecule has 0 spiro atoms. The lowest BCUT2D eigenvalue weighted by Crippen LogP contribution is -2.07. The van der Waals surface area contributed by atoms with Crippen molar-refractivity contribution in [2.45, 2.75) is 20.0 Å². The van der Waals surface area contributed by atoms with Crippen molar-refractivity contribution in [1.29, 1.82) is 0 Å². The van der Waals surface area contributed by atoms with Crippen LogP contribution in [0.1, 0.15) is 17.0 Å². The van der Waals surface area contributed by atoms with Crippen molar-refractivity contribution in [1.82, 2.24) is 9.97 Å². The van der Waals surface area contributed by atoms with E-state index in [1.807, 2.05) is 0 Å². The van der Waals surface area contributed by atoms with Gasteiger partial charge in [0.1, 0.15) is 16.7 Å². The minimum Gasteiger partial charge on any atom is -0.438 e. The zero-order valence-corrected chi connectivity index (χ0v) is 11.4. The molecule has 3 nitrogen and oxygen atoms in total. The van der Waals surface area contributed by atoms with Gasteiger partial charge in [0.15, 0.2) is 0 Å². The van der Waals surface area contributed by atoms with Crippen LogP contribution < -0.4 is 4.74 Å². The van der Waals surface area contributed by atoms with Crippen molar-refractivity contribution in [2.75, 3.05) is 0 Å². The number of benzene rings is 1. The number of nitrogens with zero attached hydrogens (tertiary/aromatic N) is 2. The van der Waals surface area contributed by atoms with Crippen LogP contribution in [0, 0.1) is 13.8 Å². The number of halogens is 4. The third-order valence-electron chi connectivity index (χ3n) is 2.55. The number of aryl methyl sites for hydroxylation is 1. The maximum absolute atomic E-state index is 12.9. The quantitative estimate of drug-likeness (QED) is 0.763. The number of alkyl halides is 3. The van der Waals surface area contributed by atoms with Gasteiger partial charge in [0.05, 0.1) is 5.56 Å². The van der Waals surface area contributed by atoms with Crippen LogP contribution in [0.5, 0.6) is 11.6 Å². The maximum Gasteiger partial charge on any atom is 0.419 e. The molecule has 0 bridgehead atoms. The van der Waals surface area contributed by atoms with Crippen molar-refractivity contribution in [3.05, 3.63) is 46.4 Å². The Hall–Kier alpha value is -1.82. The van der Waals surface area contributed by atoms with Gasteiger partial charge in [0.25, 0.3) is 0 Å². The van der Waals surface area contributed by atoms with Crippen LogP contribution >= 0.6 is 11.6 Å². The molecule has 0 atom stereocenters. The minimum atomic E-state index is -4.50. The van der Waals surface area contributed by atoms with Gasteiger partial charge in [-0.15, -0.1) is 0 Å². The van der Waals surface area contributed by atoms with Crippen LogP contribution in [0.25, 0.3) is 0 Å². The van der Waals surface area contributed by atoms with Crippen molar-refractivity contribution in [3.63, 3.8) is 0 Å². The number of para-hydroxylation sites is 1. The molecule has 1 aromatic heterocycles. The molecule has 7 heteroatoms. The first-order valence-electron chi connectivity index (χ1n) is 5.64. The monoisotopic (exact) mass is 302 g/mol. The summed E-state index contributed by atoms with van der Waals surface area (Å²) in [6, 6.07) is 4.92. The molecule has 0 amide bonds. The number of hydrogen-bond acceptors (Lipinski definition) is 3. The first kappa shape index (κ1) is 14.6. The van der Waals surface area contributed by atoms with Gasteiger partial charge < -0.3 is 4.74 Å². The Morgan fingerprint density at radius 2 is 1.75 bits per heavy atom. The Morgan fingerprint density at radius 3 is 2.40 bits per heavy atom. The molecule has 0 saturated carbocycles. The molecule has 0 unspecified atom stereocenters. The number of rotatable bonds is 2. The molecule has 0 aliphatic carbocycles. The molecular formula is C13H10ClF3N2O. The molecule has 0 fully saturated rings. The van der Waals surface area contributed by atoms with Crippen LogP contribution in [0.2, 0.25) is 5.15 Å². The van der Waals surface area contributed by atoms with Gasteiger partial charge in [0, 0.05) is 5.56 Å². The molecule has 0 saturated heterocycles. The van der Waals surface area contributed by atoms with Crippen LogP contribution in [0.4, 0.5) is 13.2 Å². The molecule has 0 N–H and O–H groups in total. The number of hydrogen-bond donors (Lipinski definition) is 0. The van der Waals surface area contributed by atoms with Crippen LogP contribution in [-0.2, 0) is 6.18 Å². The predicted octanol–water partition coefficient (Wildman–Crippen LogP) is 4.56. The highest BCUT2D eigenvalue weighted by molar-refractivity contribution is 6.30. The summed E-state index contributed by atoms with van der Waals surface area (Å²) in [4.78, 5) is 7.87. The van der Waals surface area contributed by atoms with E-state index in [1.165, 1.54) is 18.2 Å². The summed E-state index contributed by atoms with van der Waals surface area (Å²) in [5.41, 5.74) is -0.485. The lowest BCUT2D eigenvalue weighted by molar-refractivity contribution is -0.138. The van der Waals surface area contributed by atoms with Gasteiger partial charge in [-0.3, -0.25) is 0 Å². The molecule has 106 valence electrons. The molecular weight excluding hydrogens is 293 g/mol. The smallest absolute Gasteiger partial charge is 0.419 e. The Morgan fingerprint density at radius 1 is 1.10 bits per heavy atom. The Kier molecular flexibility index (Phi) is 3.85. The van der Waals surface area contributed by atoms with Gasteiger partial charge >= 0.3 is 6.18 Å². The van der Waals surface area contributed by atoms with Crippen LogP contribution in [0.15, 0.2) is 24.3 Å². The molecule has 20 heavy (non-hydrogen) atoms. The molecule has 0 radical (unpaired) electrons. The third-order valence-corrected chi connectivity index (χ3v) is 2.92. The van der Waals surface area contributed by atoms with Crippen molar-refractivity contribution in [3.8, 4) is 11.6 Å². The summed E-state index contributed by atoms with van der Waals surface area (Å²) in [5.74, 6) is 0.0107. The second kappa shape index (κ2) is 5.28. The molecule has 1 aromatic carbocycles. The van der Waals surface area contributed by atoms with E-state index in [2.05, 4.69) is 9.97 Å². The summed E-state index contributed by atoms with van der Waals surface area (Å²) in [5, 5.41) is 0.150. The molecule has 2 rings (SSSR count). The Balaban J connectivity index is 2.46. The zero-order valence-electron chi connectivity index (χ0n) is 10.6. The van der Waals surface area contributed by atoms with E-state index < -0.39 is 11.7 Å². The summed E-state index contributed by atoms with van der Waals surface area (Å²) in [6.45, 7) is 3.15. The number of ether oxygens (including phenoxy) is 1. The Labute approximate surface area is 118 Å². The average molecular weight is 303 g/mol. The fourth-order valence-electron chi connectivity index (χ4n) is 1.56. The van der Waals surface area contributed by atoms with Crippen molar-refractivity contribution in [2.24, 2.45) is 0 Å². The second-order valence-corrected chi connectivity index (χ2v) is 4.45. The largest absolute Gasteiger partial charge is 0.438 e. The van der Waals surface area contributed by atoms with Gasteiger partial charge in [-0.25, -0.2) is 4.98 Å². The predicted molar refractivity (Wildman–Crippen MR) is 68.0 cm³/mol. The van der Waals surface area contributed by atoms with E-state index >= 15 is 0 Å². The standard InChI is InChI=1S/C13H10ClF3N2O/c1-7-11(14)18-8(2)19-12(7)20-10-6-4-3-5-9(10)13(15,16)17/h3-6H,1-2H3. The van der Waals surface area contributed by atoms with Gasteiger partial charge in [-0.1, -0.05) is 23.7 Å². The zero-order chi connectivity index (χ0) is 14.9.